The molecular formula is C8H10GdP. The van der Waals surface area contributed by atoms with E-state index in [1.807, 2.05) is 0 Å². The topological polar surface area (TPSA) is 0 Å². The van der Waals surface area contributed by atoms with Crippen LogP contribution in [0.1, 0.15) is 6.92 Å². The molecule has 0 amide bonds. The molecule has 1 atom stereocenters. The van der Waals surface area contributed by atoms with Gasteiger partial charge in [0.2, 0.25) is 0 Å². The van der Waals surface area contributed by atoms with Crippen LogP contribution >= 0.6 is 2.96 Å². The molecule has 0 saturated heterocycles. The number of benzene rings is 1. The van der Waals surface area contributed by atoms with Crippen LogP contribution in [0.25, 0.3) is 0 Å². The fourth-order valence-corrected chi connectivity index (χ4v) is 2.64. The van der Waals surface area contributed by atoms with Crippen LogP contribution in [0.15, 0.2) is 30.3 Å². The average molecular weight is 294 g/mol. The first-order valence-electron chi connectivity index (χ1n) is 3.32. The molecule has 1 rings (SSSR count). The summed E-state index contributed by atoms with van der Waals surface area (Å²) in [6.07, 6.45) is 1.30. The first-order valence-corrected chi connectivity index (χ1v) is 7.76. The quantitative estimate of drug-likeness (QED) is 0.734. The fraction of sp³-hybridized carbons (Fsp3) is 0.250. The van der Waals surface area contributed by atoms with Crippen LogP contribution < -0.4 is 5.30 Å². The maximum atomic E-state index is 2.26. The van der Waals surface area contributed by atoms with E-state index in [2.05, 4.69) is 74.4 Å². The van der Waals surface area contributed by atoms with E-state index in [1.54, 1.807) is 0 Å². The summed E-state index contributed by atoms with van der Waals surface area (Å²) in [5.74, 6) is 0. The molecule has 0 aliphatic heterocycles. The van der Waals surface area contributed by atoms with Crippen molar-refractivity contribution in [1.82, 2.24) is 0 Å². The second-order valence-corrected chi connectivity index (χ2v) is 7.52. The molecule has 0 aliphatic carbocycles. The van der Waals surface area contributed by atoms with Gasteiger partial charge in [-0.2, -0.15) is 0 Å². The molecule has 1 aromatic rings. The predicted molar refractivity (Wildman–Crippen MR) is 43.5 cm³/mol. The van der Waals surface area contributed by atoms with Gasteiger partial charge >= 0.3 is 88.8 Å². The summed E-state index contributed by atoms with van der Waals surface area (Å²) in [6.45, 7) is 2.26. The minimum atomic E-state index is 0.154. The standard InChI is InChI=1S/C8H10P.Gd/c1-2-9-8-6-4-3-5-7-8;/h3-7H,2H2,1H3;/q-1;+1. The van der Waals surface area contributed by atoms with Gasteiger partial charge in [0.05, 0.1) is 0 Å². The van der Waals surface area contributed by atoms with E-state index in [1.165, 1.54) is 11.5 Å². The molecule has 0 bridgehead atoms. The van der Waals surface area contributed by atoms with E-state index in [4.69, 9.17) is 0 Å². The van der Waals surface area contributed by atoms with Crippen molar-refractivity contribution in [1.29, 1.82) is 0 Å². The van der Waals surface area contributed by atoms with Gasteiger partial charge in [-0.25, -0.2) is 0 Å². The van der Waals surface area contributed by atoms with Gasteiger partial charge in [-0.3, -0.25) is 0 Å². The third kappa shape index (κ3) is 2.55. The van der Waals surface area contributed by atoms with Crippen molar-refractivity contribution < 1.29 is 37.1 Å². The Morgan fingerprint density at radius 2 is 1.90 bits per heavy atom. The Labute approximate surface area is 87.9 Å². The molecule has 0 fully saturated rings. The zero-order valence-electron chi connectivity index (χ0n) is 5.89. The number of hydrogen-bond donors (Lipinski definition) is 0. The van der Waals surface area contributed by atoms with E-state index < -0.39 is 0 Å². The van der Waals surface area contributed by atoms with Crippen LogP contribution in [-0.2, 0) is 0 Å². The summed E-state index contributed by atoms with van der Waals surface area (Å²) in [4.78, 5) is 0. The van der Waals surface area contributed by atoms with E-state index >= 15 is 0 Å². The Morgan fingerprint density at radius 3 is 2.40 bits per heavy atom. The van der Waals surface area contributed by atoms with Crippen molar-refractivity contribution in [2.75, 3.05) is 6.16 Å². The Balaban J connectivity index is 2.75. The first kappa shape index (κ1) is 9.07. The normalized spacial score (nSPS) is 13.0. The van der Waals surface area contributed by atoms with Crippen LogP contribution in [0.5, 0.6) is 0 Å². The molecule has 0 aromatic heterocycles. The summed E-state index contributed by atoms with van der Waals surface area (Å²) in [7, 11) is 0. The Morgan fingerprint density at radius 1 is 1.30 bits per heavy atom. The van der Waals surface area contributed by atoms with Crippen LogP contribution in [0.3, 0.4) is 0 Å². The monoisotopic (exact) mass is 295 g/mol. The summed E-state index contributed by atoms with van der Waals surface area (Å²) in [5.41, 5.74) is 0. The van der Waals surface area contributed by atoms with Gasteiger partial charge < -0.3 is 0 Å². The minimum absolute atomic E-state index is 0.154. The summed E-state index contributed by atoms with van der Waals surface area (Å²) in [5, 5.41) is 1.53. The molecule has 10 heavy (non-hydrogen) atoms. The molecule has 0 aliphatic rings. The Hall–Kier alpha value is 0.975. The van der Waals surface area contributed by atoms with Gasteiger partial charge in [0, 0.05) is 0 Å². The third-order valence-electron chi connectivity index (χ3n) is 1.30. The molecule has 2 heteroatoms. The van der Waals surface area contributed by atoms with E-state index in [-0.39, 0.29) is 2.96 Å². The number of rotatable bonds is 2. The predicted octanol–water partition coefficient (Wildman–Crippen LogP) is 2.28. The van der Waals surface area contributed by atoms with E-state index in [0.29, 0.717) is 0 Å². The van der Waals surface area contributed by atoms with Gasteiger partial charge in [0.25, 0.3) is 0 Å². The molecule has 0 spiro atoms. The molecule has 0 saturated carbocycles. The Kier molecular flexibility index (Phi) is 4.33. The molecule has 55 valence electrons. The molecule has 0 nitrogen and oxygen atoms in total. The van der Waals surface area contributed by atoms with Crippen LogP contribution in [0, 0.1) is 37.1 Å². The fourth-order valence-electron chi connectivity index (χ4n) is 0.769. The molecule has 1 aromatic carbocycles. The first-order chi connectivity index (χ1) is 4.84. The van der Waals surface area contributed by atoms with Crippen LogP contribution in [-0.4, -0.2) is 6.16 Å². The third-order valence-corrected chi connectivity index (χ3v) is 6.59. The van der Waals surface area contributed by atoms with Crippen molar-refractivity contribution >= 4 is 8.27 Å². The van der Waals surface area contributed by atoms with Crippen molar-refractivity contribution in [3.8, 4) is 0 Å². The van der Waals surface area contributed by atoms with Crippen molar-refractivity contribution in [2.45, 2.75) is 6.92 Å². The van der Waals surface area contributed by atoms with Crippen LogP contribution in [0.4, 0.5) is 0 Å². The molecule has 1 unspecified atom stereocenters. The van der Waals surface area contributed by atoms with E-state index in [9.17, 15) is 0 Å². The van der Waals surface area contributed by atoms with Crippen molar-refractivity contribution in [2.24, 2.45) is 0 Å². The molecule has 0 heterocycles. The maximum absolute atomic E-state index is 2.26. The number of hydrogen-bond acceptors (Lipinski definition) is 0. The van der Waals surface area contributed by atoms with E-state index in [0.717, 1.165) is 0 Å². The second kappa shape index (κ2) is 4.77. The average Bonchev–Trinajstić information content (AvgIpc) is 2.05. The van der Waals surface area contributed by atoms with Gasteiger partial charge in [-0.15, -0.1) is 0 Å². The summed E-state index contributed by atoms with van der Waals surface area (Å²) in [6, 6.07) is 10.8. The summed E-state index contributed by atoms with van der Waals surface area (Å²) < 4.78 is 0.154. The van der Waals surface area contributed by atoms with Crippen molar-refractivity contribution in [3.05, 3.63) is 30.3 Å². The van der Waals surface area contributed by atoms with Gasteiger partial charge in [0.15, 0.2) is 0 Å². The zero-order chi connectivity index (χ0) is 7.40. The van der Waals surface area contributed by atoms with Crippen LogP contribution in [0.2, 0.25) is 0 Å². The van der Waals surface area contributed by atoms with Gasteiger partial charge in [-0.1, -0.05) is 0 Å². The zero-order valence-corrected chi connectivity index (χ0v) is 9.06. The molecule has 0 N–H and O–H groups in total. The Bertz CT molecular complexity index is 186. The molecule has 0 radical (unpaired) electrons. The molecular weight excluding hydrogens is 284 g/mol. The van der Waals surface area contributed by atoms with Gasteiger partial charge in [-0.05, 0) is 0 Å². The second-order valence-electron chi connectivity index (χ2n) is 2.00. The van der Waals surface area contributed by atoms with Gasteiger partial charge in [0.1, 0.15) is 0 Å². The summed E-state index contributed by atoms with van der Waals surface area (Å²) >= 11 is 2.13. The van der Waals surface area contributed by atoms with Crippen molar-refractivity contribution in [3.63, 3.8) is 0 Å². The SMILES string of the molecule is CC[P]([Gd])c1ccccc1.